The van der Waals surface area contributed by atoms with Crippen molar-refractivity contribution in [1.29, 1.82) is 0 Å². The van der Waals surface area contributed by atoms with Crippen LogP contribution in [0.2, 0.25) is 0 Å². The first-order valence-corrected chi connectivity index (χ1v) is 8.10. The van der Waals surface area contributed by atoms with Crippen LogP contribution in [-0.4, -0.2) is 21.5 Å². The Morgan fingerprint density at radius 1 is 0.960 bits per heavy atom. The van der Waals surface area contributed by atoms with E-state index >= 15 is 0 Å². The summed E-state index contributed by atoms with van der Waals surface area (Å²) in [6.07, 6.45) is 13.4. The van der Waals surface area contributed by atoms with Gasteiger partial charge < -0.3 is 10.6 Å². The molecule has 122 valence electrons. The normalized spacial score (nSPS) is 13.2. The molecule has 0 bridgehead atoms. The van der Waals surface area contributed by atoms with Crippen LogP contribution in [0.1, 0.15) is 0 Å². The fourth-order valence-electron chi connectivity index (χ4n) is 2.62. The Morgan fingerprint density at radius 3 is 2.84 bits per heavy atom. The van der Waals surface area contributed by atoms with E-state index in [0.717, 1.165) is 28.0 Å². The van der Waals surface area contributed by atoms with Crippen molar-refractivity contribution in [2.45, 2.75) is 0 Å². The predicted molar refractivity (Wildman–Crippen MR) is 101 cm³/mol. The highest BCUT2D eigenvalue weighted by Crippen LogP contribution is 2.24. The molecule has 0 spiro atoms. The van der Waals surface area contributed by atoms with Crippen molar-refractivity contribution in [3.05, 3.63) is 85.0 Å². The van der Waals surface area contributed by atoms with Crippen LogP contribution in [0.15, 0.2) is 85.0 Å². The zero-order chi connectivity index (χ0) is 16.9. The third-order valence-corrected chi connectivity index (χ3v) is 3.85. The number of rotatable bonds is 4. The first kappa shape index (κ1) is 15.1. The Labute approximate surface area is 145 Å². The molecular weight excluding hydrogens is 310 g/mol. The van der Waals surface area contributed by atoms with E-state index in [0.29, 0.717) is 12.4 Å². The van der Waals surface area contributed by atoms with Gasteiger partial charge in [0.05, 0.1) is 12.1 Å². The van der Waals surface area contributed by atoms with Gasteiger partial charge in [0.1, 0.15) is 5.82 Å². The number of nitrogens with one attached hydrogen (secondary N) is 2. The van der Waals surface area contributed by atoms with Crippen LogP contribution in [0.25, 0.3) is 22.3 Å². The lowest BCUT2D eigenvalue weighted by Gasteiger charge is -2.12. The fraction of sp³-hybridized carbons (Fsp3) is 0.0500. The molecule has 1 aliphatic rings. The second-order valence-corrected chi connectivity index (χ2v) is 5.59. The number of pyridine rings is 1. The minimum absolute atomic E-state index is 0.641. The molecule has 0 aliphatic carbocycles. The van der Waals surface area contributed by atoms with Gasteiger partial charge >= 0.3 is 0 Å². The average molecular weight is 327 g/mol. The molecule has 5 nitrogen and oxygen atoms in total. The largest absolute Gasteiger partial charge is 0.364 e. The van der Waals surface area contributed by atoms with Gasteiger partial charge in [-0.05, 0) is 36.4 Å². The van der Waals surface area contributed by atoms with Crippen molar-refractivity contribution in [3.8, 4) is 11.4 Å². The van der Waals surface area contributed by atoms with E-state index in [1.165, 1.54) is 0 Å². The van der Waals surface area contributed by atoms with Gasteiger partial charge in [0.25, 0.3) is 0 Å². The van der Waals surface area contributed by atoms with Crippen LogP contribution in [0.5, 0.6) is 0 Å². The van der Waals surface area contributed by atoms with Gasteiger partial charge in [-0.15, -0.1) is 0 Å². The molecule has 0 amide bonds. The monoisotopic (exact) mass is 327 g/mol. The summed E-state index contributed by atoms with van der Waals surface area (Å²) in [5.74, 6) is 1.47. The zero-order valence-electron chi connectivity index (χ0n) is 13.6. The first-order chi connectivity index (χ1) is 12.4. The molecule has 25 heavy (non-hydrogen) atoms. The van der Waals surface area contributed by atoms with Crippen molar-refractivity contribution in [3.63, 3.8) is 0 Å². The quantitative estimate of drug-likeness (QED) is 0.766. The van der Waals surface area contributed by atoms with Gasteiger partial charge in [0.2, 0.25) is 0 Å². The maximum atomic E-state index is 4.73. The molecule has 1 aliphatic heterocycles. The van der Waals surface area contributed by atoms with Crippen LogP contribution in [0.3, 0.4) is 0 Å². The number of allylic oxidation sites excluding steroid dienone is 4. The number of hydrogen-bond donors (Lipinski definition) is 2. The summed E-state index contributed by atoms with van der Waals surface area (Å²) in [5, 5.41) is 7.67. The summed E-state index contributed by atoms with van der Waals surface area (Å²) < 4.78 is 0. The lowest BCUT2D eigenvalue weighted by atomic mass is 10.2. The molecule has 1 aromatic carbocycles. The van der Waals surface area contributed by atoms with E-state index in [2.05, 4.69) is 20.6 Å². The summed E-state index contributed by atoms with van der Waals surface area (Å²) in [6, 6.07) is 11.9. The van der Waals surface area contributed by atoms with Crippen LogP contribution in [0, 0.1) is 0 Å². The highest BCUT2D eigenvalue weighted by molar-refractivity contribution is 5.90. The number of benzene rings is 1. The molecule has 3 aromatic rings. The van der Waals surface area contributed by atoms with Gasteiger partial charge in [-0.25, -0.2) is 9.97 Å². The molecule has 0 fully saturated rings. The van der Waals surface area contributed by atoms with E-state index in [9.17, 15) is 0 Å². The maximum absolute atomic E-state index is 4.73. The minimum Gasteiger partial charge on any atom is -0.364 e. The van der Waals surface area contributed by atoms with Gasteiger partial charge in [-0.3, -0.25) is 4.98 Å². The summed E-state index contributed by atoms with van der Waals surface area (Å²) >= 11 is 0. The third-order valence-electron chi connectivity index (χ3n) is 3.85. The summed E-state index contributed by atoms with van der Waals surface area (Å²) in [6.45, 7) is 0.641. The maximum Gasteiger partial charge on any atom is 0.163 e. The number of anilines is 1. The van der Waals surface area contributed by atoms with E-state index in [1.54, 1.807) is 12.4 Å². The van der Waals surface area contributed by atoms with E-state index < -0.39 is 0 Å². The molecule has 0 saturated heterocycles. The average Bonchev–Trinajstić information content (AvgIpc) is 2.95. The van der Waals surface area contributed by atoms with Crippen LogP contribution in [-0.2, 0) is 0 Å². The molecule has 0 atom stereocenters. The van der Waals surface area contributed by atoms with Gasteiger partial charge in [0, 0.05) is 35.2 Å². The smallest absolute Gasteiger partial charge is 0.163 e. The lowest BCUT2D eigenvalue weighted by Crippen LogP contribution is -2.15. The van der Waals surface area contributed by atoms with Crippen LogP contribution >= 0.6 is 0 Å². The Bertz CT molecular complexity index is 974. The Morgan fingerprint density at radius 2 is 1.92 bits per heavy atom. The second kappa shape index (κ2) is 6.97. The Kier molecular flexibility index (Phi) is 4.20. The van der Waals surface area contributed by atoms with Crippen molar-refractivity contribution in [1.82, 2.24) is 20.3 Å². The number of fused-ring (bicyclic) bond motifs is 1. The topological polar surface area (TPSA) is 62.7 Å². The SMILES string of the molecule is C1=CC=C(CNc2nc(-c3cccnc3)nc3ccccc23)NC=C1. The van der Waals surface area contributed by atoms with Crippen LogP contribution < -0.4 is 10.6 Å². The third kappa shape index (κ3) is 3.40. The number of para-hydroxylation sites is 1. The predicted octanol–water partition coefficient (Wildman–Crippen LogP) is 3.66. The zero-order valence-corrected chi connectivity index (χ0v) is 13.6. The van der Waals surface area contributed by atoms with Crippen molar-refractivity contribution >= 4 is 16.7 Å². The standard InChI is InChI=1S/C20H17N5/c1-2-8-16(22-12-5-1)14-23-20-17-9-3-4-10-18(17)24-19(25-20)15-7-6-11-21-13-15/h1-13,22H,14H2,(H,23,24,25). The molecular formula is C20H17N5. The van der Waals surface area contributed by atoms with Crippen molar-refractivity contribution < 1.29 is 0 Å². The van der Waals surface area contributed by atoms with E-state index in [-0.39, 0.29) is 0 Å². The highest BCUT2D eigenvalue weighted by Gasteiger charge is 2.09. The number of nitrogens with zero attached hydrogens (tertiary/aromatic N) is 3. The molecule has 0 unspecified atom stereocenters. The number of hydrogen-bond acceptors (Lipinski definition) is 5. The number of aromatic nitrogens is 3. The lowest BCUT2D eigenvalue weighted by molar-refractivity contribution is 1.00. The van der Waals surface area contributed by atoms with Crippen molar-refractivity contribution in [2.24, 2.45) is 0 Å². The van der Waals surface area contributed by atoms with Gasteiger partial charge in [-0.1, -0.05) is 24.3 Å². The summed E-state index contributed by atoms with van der Waals surface area (Å²) in [4.78, 5) is 13.6. The Balaban J connectivity index is 1.70. The molecule has 2 N–H and O–H groups in total. The van der Waals surface area contributed by atoms with Crippen molar-refractivity contribution in [2.75, 3.05) is 11.9 Å². The first-order valence-electron chi connectivity index (χ1n) is 8.10. The minimum atomic E-state index is 0.641. The second-order valence-electron chi connectivity index (χ2n) is 5.59. The van der Waals surface area contributed by atoms with E-state index in [1.807, 2.05) is 66.9 Å². The molecule has 2 aromatic heterocycles. The van der Waals surface area contributed by atoms with E-state index in [4.69, 9.17) is 4.98 Å². The molecule has 3 heterocycles. The van der Waals surface area contributed by atoms with Gasteiger partial charge in [-0.2, -0.15) is 0 Å². The molecule has 4 rings (SSSR count). The van der Waals surface area contributed by atoms with Gasteiger partial charge in [0.15, 0.2) is 5.82 Å². The molecule has 0 radical (unpaired) electrons. The molecule has 0 saturated carbocycles. The fourth-order valence-corrected chi connectivity index (χ4v) is 2.62. The highest BCUT2D eigenvalue weighted by atomic mass is 15.1. The molecule has 5 heteroatoms. The van der Waals surface area contributed by atoms with Crippen LogP contribution in [0.4, 0.5) is 5.82 Å². The Hall–Kier alpha value is -3.47. The summed E-state index contributed by atoms with van der Waals surface area (Å²) in [7, 11) is 0. The summed E-state index contributed by atoms with van der Waals surface area (Å²) in [5.41, 5.74) is 2.87.